The van der Waals surface area contributed by atoms with Gasteiger partial charge in [0.05, 0.1) is 0 Å². The molecule has 0 aromatic heterocycles. The average molecular weight is 254 g/mol. The molecular weight excluding hydrogens is 220 g/mol. The fourth-order valence-electron chi connectivity index (χ4n) is 3.03. The van der Waals surface area contributed by atoms with Crippen LogP contribution < -0.4 is 0 Å². The molecule has 1 aliphatic rings. The lowest BCUT2D eigenvalue weighted by molar-refractivity contribution is -0.0476. The van der Waals surface area contributed by atoms with E-state index in [0.717, 1.165) is 0 Å². The second-order valence-electron chi connectivity index (χ2n) is 7.01. The lowest BCUT2D eigenvalue weighted by Crippen LogP contribution is -2.62. The lowest BCUT2D eigenvalue weighted by Gasteiger charge is -2.55. The van der Waals surface area contributed by atoms with Crippen LogP contribution in [0, 0.1) is 0 Å². The molecule has 1 fully saturated rings. The Morgan fingerprint density at radius 3 is 1.67 bits per heavy atom. The van der Waals surface area contributed by atoms with Crippen molar-refractivity contribution in [2.75, 3.05) is 14.1 Å². The predicted molar refractivity (Wildman–Crippen MR) is 83.1 cm³/mol. The quantitative estimate of drug-likeness (QED) is 0.692. The first-order valence-electron chi connectivity index (χ1n) is 7.04. The number of nitrogens with zero attached hydrogens (tertiary/aromatic N) is 2. The highest BCUT2D eigenvalue weighted by molar-refractivity contribution is 5.01. The highest BCUT2D eigenvalue weighted by Crippen LogP contribution is 2.38. The maximum atomic E-state index is 3.00. The van der Waals surface area contributed by atoms with E-state index in [4.69, 9.17) is 0 Å². The summed E-state index contributed by atoms with van der Waals surface area (Å²) >= 11 is 0. The number of piperidine rings is 1. The summed E-state index contributed by atoms with van der Waals surface area (Å²) in [5.41, 5.74) is 0.602. The Morgan fingerprint density at radius 2 is 1.39 bits per heavy atom. The molecule has 1 rings (SSSR count). The van der Waals surface area contributed by atoms with Gasteiger partial charge in [-0.2, -0.15) is 0 Å². The normalized spacial score (nSPS) is 23.9. The second-order valence-corrected chi connectivity index (χ2v) is 7.01. The van der Waals surface area contributed by atoms with E-state index in [9.17, 15) is 0 Å². The van der Waals surface area contributed by atoms with E-state index in [2.05, 4.69) is 78.6 Å². The van der Waals surface area contributed by atoms with E-state index in [1.54, 1.807) is 0 Å². The summed E-state index contributed by atoms with van der Waals surface area (Å²) in [7, 11) is 4.54. The van der Waals surface area contributed by atoms with Gasteiger partial charge in [0.2, 0.25) is 0 Å². The van der Waals surface area contributed by atoms with E-state index in [1.807, 2.05) is 0 Å². The molecule has 2 heteroatoms. The molecule has 0 atom stereocenters. The molecule has 0 bridgehead atoms. The zero-order valence-corrected chi connectivity index (χ0v) is 13.9. The fourth-order valence-corrected chi connectivity index (χ4v) is 3.03. The van der Waals surface area contributed by atoms with Crippen molar-refractivity contribution in [2.24, 2.45) is 0 Å². The van der Waals surface area contributed by atoms with Gasteiger partial charge >= 0.3 is 0 Å². The smallest absolute Gasteiger partial charge is 0.0170 e. The molecule has 18 heavy (non-hydrogen) atoms. The van der Waals surface area contributed by atoms with Crippen LogP contribution in [0.2, 0.25) is 0 Å². The van der Waals surface area contributed by atoms with E-state index >= 15 is 0 Å². The van der Waals surface area contributed by atoms with E-state index in [1.165, 1.54) is 12.8 Å². The van der Waals surface area contributed by atoms with Crippen LogP contribution in [0.5, 0.6) is 0 Å². The van der Waals surface area contributed by atoms with Gasteiger partial charge < -0.3 is 4.90 Å². The molecule has 2 nitrogen and oxygen atoms in total. The number of hydrogen-bond acceptors (Lipinski definition) is 2. The summed E-state index contributed by atoms with van der Waals surface area (Å²) < 4.78 is 0. The standard InChI is InChI=1S/C14H30N2.C2H4/c1-11(2)15(7)12-9-13(3,4)16(8)14(5,6)10-12;1-2/h11-12H,9-10H2,1-8H3;1-2H2. The molecule has 108 valence electrons. The molecule has 0 unspecified atom stereocenters. The summed E-state index contributed by atoms with van der Waals surface area (Å²) in [6.45, 7) is 20.1. The van der Waals surface area contributed by atoms with E-state index in [0.29, 0.717) is 23.2 Å². The van der Waals surface area contributed by atoms with Crippen molar-refractivity contribution in [2.45, 2.75) is 77.5 Å². The van der Waals surface area contributed by atoms with Crippen LogP contribution in [-0.4, -0.2) is 47.1 Å². The van der Waals surface area contributed by atoms with Crippen LogP contribution in [-0.2, 0) is 0 Å². The molecule has 0 saturated carbocycles. The van der Waals surface area contributed by atoms with Crippen LogP contribution in [0.4, 0.5) is 0 Å². The summed E-state index contributed by atoms with van der Waals surface area (Å²) in [4.78, 5) is 5.08. The minimum absolute atomic E-state index is 0.301. The Kier molecular flexibility index (Phi) is 6.09. The predicted octanol–water partition coefficient (Wildman–Crippen LogP) is 3.78. The number of likely N-dealkylation sites (tertiary alicyclic amines) is 1. The highest BCUT2D eigenvalue weighted by Gasteiger charge is 2.44. The van der Waals surface area contributed by atoms with Gasteiger partial charge in [0.25, 0.3) is 0 Å². The minimum Gasteiger partial charge on any atom is -0.301 e. The molecule has 0 aliphatic carbocycles. The van der Waals surface area contributed by atoms with E-state index < -0.39 is 0 Å². The largest absolute Gasteiger partial charge is 0.301 e. The summed E-state index contributed by atoms with van der Waals surface area (Å²) in [6, 6.07) is 1.35. The van der Waals surface area contributed by atoms with Crippen molar-refractivity contribution in [3.63, 3.8) is 0 Å². The van der Waals surface area contributed by atoms with Gasteiger partial charge in [0.1, 0.15) is 0 Å². The molecule has 0 amide bonds. The minimum atomic E-state index is 0.301. The molecule has 0 N–H and O–H groups in total. The summed E-state index contributed by atoms with van der Waals surface area (Å²) in [6.07, 6.45) is 2.53. The number of hydrogen-bond donors (Lipinski definition) is 0. The van der Waals surface area contributed by atoms with E-state index in [-0.39, 0.29) is 0 Å². The van der Waals surface area contributed by atoms with Gasteiger partial charge in [0, 0.05) is 23.2 Å². The molecule has 1 saturated heterocycles. The number of rotatable bonds is 2. The third-order valence-electron chi connectivity index (χ3n) is 4.68. The monoisotopic (exact) mass is 254 g/mol. The molecule has 0 radical (unpaired) electrons. The fraction of sp³-hybridized carbons (Fsp3) is 0.875. The van der Waals surface area contributed by atoms with Crippen LogP contribution in [0.15, 0.2) is 13.2 Å². The van der Waals surface area contributed by atoms with Crippen molar-refractivity contribution >= 4 is 0 Å². The van der Waals surface area contributed by atoms with Gasteiger partial charge in [-0.05, 0) is 68.5 Å². The zero-order chi connectivity index (χ0) is 14.7. The van der Waals surface area contributed by atoms with Gasteiger partial charge in [-0.3, -0.25) is 4.90 Å². The first kappa shape index (κ1) is 17.7. The van der Waals surface area contributed by atoms with Crippen molar-refractivity contribution in [3.05, 3.63) is 13.2 Å². The van der Waals surface area contributed by atoms with Crippen molar-refractivity contribution in [3.8, 4) is 0 Å². The molecule has 1 heterocycles. The lowest BCUT2D eigenvalue weighted by atomic mass is 9.77. The molecular formula is C16H34N2. The maximum absolute atomic E-state index is 3.00. The highest BCUT2D eigenvalue weighted by atomic mass is 15.3. The van der Waals surface area contributed by atoms with Crippen LogP contribution in [0.25, 0.3) is 0 Å². The molecule has 0 spiro atoms. The van der Waals surface area contributed by atoms with Gasteiger partial charge in [-0.15, -0.1) is 13.2 Å². The van der Waals surface area contributed by atoms with Crippen LogP contribution >= 0.6 is 0 Å². The molecule has 1 aliphatic heterocycles. The van der Waals surface area contributed by atoms with Crippen LogP contribution in [0.1, 0.15) is 54.4 Å². The second kappa shape index (κ2) is 6.21. The third-order valence-corrected chi connectivity index (χ3v) is 4.68. The van der Waals surface area contributed by atoms with Gasteiger partial charge in [-0.1, -0.05) is 0 Å². The van der Waals surface area contributed by atoms with Crippen molar-refractivity contribution < 1.29 is 0 Å². The first-order valence-corrected chi connectivity index (χ1v) is 7.04. The first-order chi connectivity index (χ1) is 8.08. The maximum Gasteiger partial charge on any atom is 0.0170 e. The summed E-state index contributed by atoms with van der Waals surface area (Å²) in [5, 5.41) is 0. The Balaban J connectivity index is 0.00000137. The Labute approximate surface area is 115 Å². The van der Waals surface area contributed by atoms with Gasteiger partial charge in [-0.25, -0.2) is 0 Å². The zero-order valence-electron chi connectivity index (χ0n) is 13.9. The Morgan fingerprint density at radius 1 is 1.06 bits per heavy atom. The van der Waals surface area contributed by atoms with Crippen molar-refractivity contribution in [1.29, 1.82) is 0 Å². The molecule has 0 aromatic rings. The SMILES string of the molecule is C=C.CC(C)N(C)C1CC(C)(C)N(C)C(C)(C)C1. The molecule has 0 aromatic carbocycles. The third kappa shape index (κ3) is 3.83. The van der Waals surface area contributed by atoms with Crippen LogP contribution in [0.3, 0.4) is 0 Å². The Bertz CT molecular complexity index is 238. The topological polar surface area (TPSA) is 6.48 Å². The summed E-state index contributed by atoms with van der Waals surface area (Å²) in [5.74, 6) is 0. The Hall–Kier alpha value is -0.340. The van der Waals surface area contributed by atoms with Crippen molar-refractivity contribution in [1.82, 2.24) is 9.80 Å². The van der Waals surface area contributed by atoms with Gasteiger partial charge in [0.15, 0.2) is 0 Å². The average Bonchev–Trinajstić information content (AvgIpc) is 2.26.